The number of carbonyl (C=O) groups is 1. The second kappa shape index (κ2) is 9.79. The highest BCUT2D eigenvalue weighted by molar-refractivity contribution is 7.99. The molecular weight excluding hydrogens is 342 g/mol. The molecule has 1 amide bonds. The summed E-state index contributed by atoms with van der Waals surface area (Å²) in [6, 6.07) is 17.0. The summed E-state index contributed by atoms with van der Waals surface area (Å²) in [4.78, 5) is 13.2. The molecule has 0 saturated heterocycles. The van der Waals surface area contributed by atoms with Crippen molar-refractivity contribution in [2.45, 2.75) is 4.90 Å². The Labute approximate surface area is 151 Å². The molecule has 2 rings (SSSR count). The fourth-order valence-electron chi connectivity index (χ4n) is 1.82. The molecule has 0 heterocycles. The highest BCUT2D eigenvalue weighted by Crippen LogP contribution is 2.15. The number of benzene rings is 2. The van der Waals surface area contributed by atoms with E-state index < -0.39 is 0 Å². The third-order valence-electron chi connectivity index (χ3n) is 3.04. The number of thiocarbonyl (C=S) groups is 1. The number of amides is 1. The van der Waals surface area contributed by atoms with Crippen LogP contribution in [-0.2, 0) is 0 Å². The summed E-state index contributed by atoms with van der Waals surface area (Å²) in [6.45, 7) is 0.698. The molecule has 0 fully saturated rings. The summed E-state index contributed by atoms with van der Waals surface area (Å²) in [5.74, 6) is 1.31. The Morgan fingerprint density at radius 3 is 2.46 bits per heavy atom. The maximum Gasteiger partial charge on any atom is 0.269 e. The zero-order valence-corrected chi connectivity index (χ0v) is 14.9. The van der Waals surface area contributed by atoms with E-state index in [0.717, 1.165) is 5.75 Å². The number of carbonyl (C=O) groups excluding carboxylic acids is 1. The summed E-state index contributed by atoms with van der Waals surface area (Å²) in [5.41, 5.74) is 5.76. The fourth-order valence-corrected chi connectivity index (χ4v) is 2.76. The van der Waals surface area contributed by atoms with Crippen LogP contribution >= 0.6 is 24.0 Å². The van der Waals surface area contributed by atoms with Gasteiger partial charge in [0.1, 0.15) is 5.75 Å². The van der Waals surface area contributed by atoms with Crippen molar-refractivity contribution in [2.75, 3.05) is 19.4 Å². The van der Waals surface area contributed by atoms with E-state index in [-0.39, 0.29) is 5.91 Å². The van der Waals surface area contributed by atoms with E-state index in [1.165, 1.54) is 4.90 Å². The Bertz CT molecular complexity index is 663. The highest BCUT2D eigenvalue weighted by atomic mass is 32.2. The molecule has 0 atom stereocenters. The topological polar surface area (TPSA) is 62.4 Å². The fraction of sp³-hybridized carbons (Fsp3) is 0.176. The Morgan fingerprint density at radius 1 is 1.08 bits per heavy atom. The molecule has 7 heteroatoms. The summed E-state index contributed by atoms with van der Waals surface area (Å²) >= 11 is 6.86. The molecule has 2 aromatic carbocycles. The lowest BCUT2D eigenvalue weighted by atomic mass is 10.2. The van der Waals surface area contributed by atoms with Crippen LogP contribution < -0.4 is 20.9 Å². The van der Waals surface area contributed by atoms with Crippen molar-refractivity contribution in [3.05, 3.63) is 60.2 Å². The smallest absolute Gasteiger partial charge is 0.269 e. The zero-order valence-electron chi connectivity index (χ0n) is 13.2. The lowest BCUT2D eigenvalue weighted by molar-refractivity contribution is 0.0943. The molecule has 0 radical (unpaired) electrons. The van der Waals surface area contributed by atoms with Gasteiger partial charge in [-0.3, -0.25) is 15.6 Å². The van der Waals surface area contributed by atoms with Crippen molar-refractivity contribution in [3.63, 3.8) is 0 Å². The average Bonchev–Trinajstić information content (AvgIpc) is 2.64. The van der Waals surface area contributed by atoms with Crippen LogP contribution in [0.4, 0.5) is 0 Å². The van der Waals surface area contributed by atoms with Gasteiger partial charge in [-0.2, -0.15) is 0 Å². The van der Waals surface area contributed by atoms with Gasteiger partial charge in [-0.1, -0.05) is 18.2 Å². The van der Waals surface area contributed by atoms with Crippen LogP contribution in [0, 0.1) is 0 Å². The van der Waals surface area contributed by atoms with Crippen LogP contribution in [0.15, 0.2) is 59.5 Å². The van der Waals surface area contributed by atoms with Crippen molar-refractivity contribution in [2.24, 2.45) is 0 Å². The Kier molecular flexibility index (Phi) is 7.38. The molecule has 3 N–H and O–H groups in total. The standard InChI is InChI=1S/C17H19N3O2S2/c1-22-14-9-7-13(8-10-14)16(21)19-20-17(23)18-11-12-24-15-5-3-2-4-6-15/h2-10H,11-12H2,1H3,(H,19,21)(H2,18,20,23). The molecule has 24 heavy (non-hydrogen) atoms. The van der Waals surface area contributed by atoms with Gasteiger partial charge in [-0.05, 0) is 48.6 Å². The molecule has 0 aliphatic rings. The van der Waals surface area contributed by atoms with Crippen molar-refractivity contribution in [1.29, 1.82) is 0 Å². The van der Waals surface area contributed by atoms with Gasteiger partial charge in [0.05, 0.1) is 7.11 Å². The first-order valence-electron chi connectivity index (χ1n) is 7.35. The van der Waals surface area contributed by atoms with Crippen LogP contribution in [0.2, 0.25) is 0 Å². The molecule has 2 aromatic rings. The monoisotopic (exact) mass is 361 g/mol. The van der Waals surface area contributed by atoms with Crippen LogP contribution in [0.5, 0.6) is 5.75 Å². The van der Waals surface area contributed by atoms with E-state index in [1.807, 2.05) is 18.2 Å². The predicted octanol–water partition coefficient (Wildman–Crippen LogP) is 2.60. The number of methoxy groups -OCH3 is 1. The maximum atomic E-state index is 12.0. The number of hydrogen-bond donors (Lipinski definition) is 3. The van der Waals surface area contributed by atoms with Gasteiger partial charge in [-0.25, -0.2) is 0 Å². The summed E-state index contributed by atoms with van der Waals surface area (Å²) in [5, 5.41) is 3.42. The molecule has 0 saturated carbocycles. The molecule has 0 aliphatic carbocycles. The first kappa shape index (κ1) is 18.1. The van der Waals surface area contributed by atoms with Crippen molar-refractivity contribution in [1.82, 2.24) is 16.2 Å². The number of ether oxygens (including phenoxy) is 1. The summed E-state index contributed by atoms with van der Waals surface area (Å²) in [7, 11) is 1.58. The molecule has 0 bridgehead atoms. The minimum Gasteiger partial charge on any atom is -0.497 e. The van der Waals surface area contributed by atoms with E-state index in [0.29, 0.717) is 23.0 Å². The Balaban J connectivity index is 1.64. The minimum atomic E-state index is -0.263. The van der Waals surface area contributed by atoms with Gasteiger partial charge < -0.3 is 10.1 Å². The number of hydrogen-bond acceptors (Lipinski definition) is 4. The van der Waals surface area contributed by atoms with E-state index in [1.54, 1.807) is 43.1 Å². The van der Waals surface area contributed by atoms with Gasteiger partial charge >= 0.3 is 0 Å². The summed E-state index contributed by atoms with van der Waals surface area (Å²) in [6.07, 6.45) is 0. The number of thioether (sulfide) groups is 1. The predicted molar refractivity (Wildman–Crippen MR) is 101 cm³/mol. The normalized spacial score (nSPS) is 9.88. The quantitative estimate of drug-likeness (QED) is 0.318. The SMILES string of the molecule is COc1ccc(C(=O)NNC(=S)NCCSc2ccccc2)cc1. The maximum absolute atomic E-state index is 12.0. The number of rotatable bonds is 6. The Morgan fingerprint density at radius 2 is 1.79 bits per heavy atom. The molecule has 0 aliphatic heterocycles. The lowest BCUT2D eigenvalue weighted by Gasteiger charge is -2.11. The summed E-state index contributed by atoms with van der Waals surface area (Å²) < 4.78 is 5.05. The second-order valence-corrected chi connectivity index (χ2v) is 6.30. The second-order valence-electron chi connectivity index (χ2n) is 4.73. The first-order chi connectivity index (χ1) is 11.7. The van der Waals surface area contributed by atoms with Crippen molar-refractivity contribution >= 4 is 35.0 Å². The zero-order chi connectivity index (χ0) is 17.2. The van der Waals surface area contributed by atoms with Crippen LogP contribution in [0.25, 0.3) is 0 Å². The van der Waals surface area contributed by atoms with E-state index in [4.69, 9.17) is 17.0 Å². The lowest BCUT2D eigenvalue weighted by Crippen LogP contribution is -2.47. The van der Waals surface area contributed by atoms with Gasteiger partial charge in [0.25, 0.3) is 5.91 Å². The first-order valence-corrected chi connectivity index (χ1v) is 8.74. The molecule has 0 aromatic heterocycles. The van der Waals surface area contributed by atoms with E-state index in [2.05, 4.69) is 28.3 Å². The highest BCUT2D eigenvalue weighted by Gasteiger charge is 2.05. The largest absolute Gasteiger partial charge is 0.497 e. The van der Waals surface area contributed by atoms with Crippen LogP contribution in [0.1, 0.15) is 10.4 Å². The molecule has 0 spiro atoms. The van der Waals surface area contributed by atoms with Crippen molar-refractivity contribution < 1.29 is 9.53 Å². The number of nitrogens with one attached hydrogen (secondary N) is 3. The van der Waals surface area contributed by atoms with Crippen molar-refractivity contribution in [3.8, 4) is 5.75 Å². The molecule has 5 nitrogen and oxygen atoms in total. The third-order valence-corrected chi connectivity index (χ3v) is 4.30. The average molecular weight is 361 g/mol. The minimum absolute atomic E-state index is 0.263. The molecule has 0 unspecified atom stereocenters. The third kappa shape index (κ3) is 6.10. The van der Waals surface area contributed by atoms with Crippen LogP contribution in [-0.4, -0.2) is 30.4 Å². The molecular formula is C17H19N3O2S2. The van der Waals surface area contributed by atoms with Gasteiger partial charge in [0.2, 0.25) is 0 Å². The van der Waals surface area contributed by atoms with Crippen LogP contribution in [0.3, 0.4) is 0 Å². The number of hydrazine groups is 1. The van der Waals surface area contributed by atoms with E-state index >= 15 is 0 Å². The van der Waals surface area contributed by atoms with Gasteiger partial charge in [0.15, 0.2) is 5.11 Å². The Hall–Kier alpha value is -2.25. The van der Waals surface area contributed by atoms with Gasteiger partial charge in [0, 0.05) is 22.8 Å². The van der Waals surface area contributed by atoms with E-state index in [9.17, 15) is 4.79 Å². The van der Waals surface area contributed by atoms with Gasteiger partial charge in [-0.15, -0.1) is 11.8 Å². The molecule has 126 valence electrons.